The fraction of sp³-hybridized carbons (Fsp3) is 0.417. The average molecular weight is 263 g/mol. The Morgan fingerprint density at radius 1 is 1.47 bits per heavy atom. The summed E-state index contributed by atoms with van der Waals surface area (Å²) in [6, 6.07) is 0. The largest absolute Gasteiger partial charge is 0.476 e. The fourth-order valence-corrected chi connectivity index (χ4v) is 2.04. The number of hydrogen-bond donors (Lipinski definition) is 1. The third kappa shape index (κ3) is 2.37. The van der Waals surface area contributed by atoms with Gasteiger partial charge in [-0.05, 0) is 19.3 Å². The van der Waals surface area contributed by atoms with Gasteiger partial charge < -0.3 is 14.3 Å². The zero-order valence-electron chi connectivity index (χ0n) is 10.2. The Kier molecular flexibility index (Phi) is 3.04. The van der Waals surface area contributed by atoms with Crippen LogP contribution in [0.25, 0.3) is 11.5 Å². The maximum atomic E-state index is 10.7. The van der Waals surface area contributed by atoms with Crippen LogP contribution in [0.15, 0.2) is 23.1 Å². The van der Waals surface area contributed by atoms with Gasteiger partial charge in [0.25, 0.3) is 0 Å². The summed E-state index contributed by atoms with van der Waals surface area (Å²) >= 11 is 0. The van der Waals surface area contributed by atoms with Crippen molar-refractivity contribution in [3.63, 3.8) is 0 Å². The molecule has 1 aliphatic rings. The first-order chi connectivity index (χ1) is 9.24. The number of carbonyl (C=O) groups is 1. The summed E-state index contributed by atoms with van der Waals surface area (Å²) in [7, 11) is 0. The van der Waals surface area contributed by atoms with Crippen molar-refractivity contribution in [1.82, 2.24) is 14.8 Å². The van der Waals surface area contributed by atoms with Crippen LogP contribution in [0.4, 0.5) is 0 Å². The number of hydrogen-bond acceptors (Lipinski definition) is 5. The van der Waals surface area contributed by atoms with Crippen LogP contribution in [0.3, 0.4) is 0 Å². The number of nitrogens with zero attached hydrogens (tertiary/aromatic N) is 3. The van der Waals surface area contributed by atoms with Gasteiger partial charge in [-0.2, -0.15) is 5.10 Å². The molecule has 0 spiro atoms. The Balaban J connectivity index is 1.81. The van der Waals surface area contributed by atoms with E-state index < -0.39 is 5.97 Å². The topological polar surface area (TPSA) is 90.4 Å². The molecule has 1 N–H and O–H groups in total. The van der Waals surface area contributed by atoms with E-state index >= 15 is 0 Å². The zero-order valence-corrected chi connectivity index (χ0v) is 10.2. The second kappa shape index (κ2) is 4.85. The van der Waals surface area contributed by atoms with E-state index in [1.165, 1.54) is 0 Å². The van der Waals surface area contributed by atoms with Crippen LogP contribution in [0, 0.1) is 0 Å². The Hall–Kier alpha value is -2.15. The molecule has 0 radical (unpaired) electrons. The molecule has 0 aliphatic carbocycles. The molecular formula is C12H13N3O4. The normalized spacial score (nSPS) is 19.5. The molecule has 0 amide bonds. The molecule has 7 heteroatoms. The van der Waals surface area contributed by atoms with E-state index in [9.17, 15) is 4.79 Å². The highest BCUT2D eigenvalue weighted by Gasteiger charge is 2.18. The van der Waals surface area contributed by atoms with Gasteiger partial charge in [0.1, 0.15) is 12.5 Å². The minimum Gasteiger partial charge on any atom is -0.476 e. The smallest absolute Gasteiger partial charge is 0.357 e. The molecular weight excluding hydrogens is 250 g/mol. The van der Waals surface area contributed by atoms with Gasteiger partial charge in [-0.15, -0.1) is 0 Å². The Bertz CT molecular complexity index is 583. The highest BCUT2D eigenvalue weighted by atomic mass is 16.5. The standard InChI is InChI=1S/C12H13N3O4/c16-12(17)9-7-19-11(14-9)8-5-13-15(6-8)10-3-1-2-4-18-10/h5-7,10H,1-4H2,(H,16,17). The first-order valence-corrected chi connectivity index (χ1v) is 6.09. The summed E-state index contributed by atoms with van der Waals surface area (Å²) < 4.78 is 12.5. The van der Waals surface area contributed by atoms with Crippen LogP contribution in [-0.2, 0) is 4.74 Å². The minimum absolute atomic E-state index is 0.0589. The van der Waals surface area contributed by atoms with Gasteiger partial charge in [-0.25, -0.2) is 14.5 Å². The monoisotopic (exact) mass is 263 g/mol. The maximum absolute atomic E-state index is 10.7. The van der Waals surface area contributed by atoms with E-state index in [0.717, 1.165) is 32.1 Å². The summed E-state index contributed by atoms with van der Waals surface area (Å²) in [5.74, 6) is -0.863. The number of ether oxygens (including phenoxy) is 1. The van der Waals surface area contributed by atoms with Gasteiger partial charge in [0.15, 0.2) is 5.69 Å². The van der Waals surface area contributed by atoms with Crippen LogP contribution < -0.4 is 0 Å². The number of carboxylic acids is 1. The summed E-state index contributed by atoms with van der Waals surface area (Å²) in [5.41, 5.74) is 0.526. The van der Waals surface area contributed by atoms with Crippen molar-refractivity contribution in [3.05, 3.63) is 24.4 Å². The molecule has 7 nitrogen and oxygen atoms in total. The lowest BCUT2D eigenvalue weighted by Gasteiger charge is -2.22. The molecule has 0 aromatic carbocycles. The quantitative estimate of drug-likeness (QED) is 0.909. The number of oxazole rings is 1. The maximum Gasteiger partial charge on any atom is 0.357 e. The van der Waals surface area contributed by atoms with Gasteiger partial charge in [-0.1, -0.05) is 0 Å². The molecule has 2 aromatic rings. The predicted octanol–water partition coefficient (Wildman–Crippen LogP) is 1.94. The lowest BCUT2D eigenvalue weighted by molar-refractivity contribution is -0.0394. The predicted molar refractivity (Wildman–Crippen MR) is 63.5 cm³/mol. The molecule has 1 aliphatic heterocycles. The van der Waals surface area contributed by atoms with Gasteiger partial charge in [0.2, 0.25) is 5.89 Å². The molecule has 1 fully saturated rings. The summed E-state index contributed by atoms with van der Waals surface area (Å²) in [4.78, 5) is 14.6. The Morgan fingerprint density at radius 3 is 3.05 bits per heavy atom. The molecule has 3 rings (SSSR count). The molecule has 100 valence electrons. The molecule has 0 bridgehead atoms. The van der Waals surface area contributed by atoms with Gasteiger partial charge in [0, 0.05) is 12.8 Å². The van der Waals surface area contributed by atoms with Gasteiger partial charge in [-0.3, -0.25) is 0 Å². The fourth-order valence-electron chi connectivity index (χ4n) is 2.04. The summed E-state index contributed by atoms with van der Waals surface area (Å²) in [5, 5.41) is 13.0. The number of aromatic carboxylic acids is 1. The van der Waals surface area contributed by atoms with Crippen LogP contribution in [0.2, 0.25) is 0 Å². The highest BCUT2D eigenvalue weighted by molar-refractivity contribution is 5.85. The lowest BCUT2D eigenvalue weighted by Crippen LogP contribution is -2.18. The zero-order chi connectivity index (χ0) is 13.2. The van der Waals surface area contributed by atoms with Crippen molar-refractivity contribution in [2.45, 2.75) is 25.5 Å². The highest BCUT2D eigenvalue weighted by Crippen LogP contribution is 2.24. The second-order valence-electron chi connectivity index (χ2n) is 4.37. The Morgan fingerprint density at radius 2 is 2.37 bits per heavy atom. The van der Waals surface area contributed by atoms with Gasteiger partial charge in [0.05, 0.1) is 11.8 Å². The Labute approximate surface area is 108 Å². The number of rotatable bonds is 3. The molecule has 0 saturated carbocycles. The van der Waals surface area contributed by atoms with Crippen LogP contribution >= 0.6 is 0 Å². The van der Waals surface area contributed by atoms with Gasteiger partial charge >= 0.3 is 5.97 Å². The third-order valence-corrected chi connectivity index (χ3v) is 3.02. The van der Waals surface area contributed by atoms with Crippen LogP contribution in [0.5, 0.6) is 0 Å². The SMILES string of the molecule is O=C(O)c1coc(-c2cnn(C3CCCCO3)c2)n1. The molecule has 1 unspecified atom stereocenters. The molecule has 1 saturated heterocycles. The lowest BCUT2D eigenvalue weighted by atomic mass is 10.2. The first kappa shape index (κ1) is 11.9. The third-order valence-electron chi connectivity index (χ3n) is 3.02. The van der Waals surface area contributed by atoms with E-state index in [1.807, 2.05) is 0 Å². The molecule has 1 atom stereocenters. The second-order valence-corrected chi connectivity index (χ2v) is 4.37. The van der Waals surface area contributed by atoms with Crippen LogP contribution in [0.1, 0.15) is 36.0 Å². The van der Waals surface area contributed by atoms with Crippen molar-refractivity contribution >= 4 is 5.97 Å². The number of aromatic nitrogens is 3. The minimum atomic E-state index is -1.11. The van der Waals surface area contributed by atoms with Crippen molar-refractivity contribution in [3.8, 4) is 11.5 Å². The van der Waals surface area contributed by atoms with E-state index in [0.29, 0.717) is 5.56 Å². The van der Waals surface area contributed by atoms with Crippen LogP contribution in [-0.4, -0.2) is 32.4 Å². The van der Waals surface area contributed by atoms with E-state index in [-0.39, 0.29) is 17.8 Å². The summed E-state index contributed by atoms with van der Waals surface area (Å²) in [6.07, 6.45) is 7.52. The van der Waals surface area contributed by atoms with Crippen molar-refractivity contribution in [2.75, 3.05) is 6.61 Å². The molecule has 19 heavy (non-hydrogen) atoms. The van der Waals surface area contributed by atoms with E-state index in [2.05, 4.69) is 10.1 Å². The van der Waals surface area contributed by atoms with Crippen molar-refractivity contribution in [2.24, 2.45) is 0 Å². The van der Waals surface area contributed by atoms with E-state index in [4.69, 9.17) is 14.3 Å². The molecule has 3 heterocycles. The van der Waals surface area contributed by atoms with Crippen molar-refractivity contribution in [1.29, 1.82) is 0 Å². The van der Waals surface area contributed by atoms with E-state index in [1.54, 1.807) is 17.1 Å². The first-order valence-electron chi connectivity index (χ1n) is 6.09. The molecule has 2 aromatic heterocycles. The van der Waals surface area contributed by atoms with Crippen molar-refractivity contribution < 1.29 is 19.1 Å². The average Bonchev–Trinajstić information content (AvgIpc) is 3.09. The number of carboxylic acid groups (broad SMARTS) is 1. The summed E-state index contributed by atoms with van der Waals surface area (Å²) in [6.45, 7) is 0.738.